The quantitative estimate of drug-likeness (QED) is 0.493. The van der Waals surface area contributed by atoms with Gasteiger partial charge in [0.1, 0.15) is 12.4 Å². The third-order valence-corrected chi connectivity index (χ3v) is 10.7. The van der Waals surface area contributed by atoms with E-state index in [-0.39, 0.29) is 11.1 Å². The molecule has 0 radical (unpaired) electrons. The van der Waals surface area contributed by atoms with Gasteiger partial charge in [0, 0.05) is 44.4 Å². The van der Waals surface area contributed by atoms with Crippen LogP contribution in [0, 0.1) is 5.92 Å². The fourth-order valence-electron chi connectivity index (χ4n) is 8.79. The minimum Gasteiger partial charge on any atom is -0.461 e. The van der Waals surface area contributed by atoms with Crippen LogP contribution in [-0.4, -0.2) is 68.1 Å². The highest BCUT2D eigenvalue weighted by Crippen LogP contribution is 2.47. The van der Waals surface area contributed by atoms with Crippen molar-refractivity contribution in [2.45, 2.75) is 82.6 Å². The molecule has 1 spiro atoms. The summed E-state index contributed by atoms with van der Waals surface area (Å²) < 4.78 is 8.91. The maximum Gasteiger partial charge on any atom is 0.318 e. The number of nitrogens with zero attached hydrogens (tertiary/aromatic N) is 7. The second-order valence-electron chi connectivity index (χ2n) is 13.2. The van der Waals surface area contributed by atoms with E-state index in [1.807, 2.05) is 12.5 Å². The summed E-state index contributed by atoms with van der Waals surface area (Å²) in [7, 11) is 2.31. The summed E-state index contributed by atoms with van der Waals surface area (Å²) in [5.41, 5.74) is 6.80. The van der Waals surface area contributed by atoms with Crippen molar-refractivity contribution in [3.8, 4) is 6.01 Å². The van der Waals surface area contributed by atoms with E-state index in [1.165, 1.54) is 73.3 Å². The maximum atomic E-state index is 6.65. The lowest BCUT2D eigenvalue weighted by molar-refractivity contribution is 0.0714. The number of fused-ring (bicyclic) bond motifs is 5. The number of aryl methyl sites for hydroxylation is 1. The second-order valence-corrected chi connectivity index (χ2v) is 13.2. The highest BCUT2D eigenvalue weighted by Gasteiger charge is 2.48. The summed E-state index contributed by atoms with van der Waals surface area (Å²) in [4.78, 5) is 22.5. The smallest absolute Gasteiger partial charge is 0.318 e. The highest BCUT2D eigenvalue weighted by atomic mass is 16.5. The van der Waals surface area contributed by atoms with Crippen molar-refractivity contribution < 1.29 is 4.74 Å². The predicted octanol–water partition coefficient (Wildman–Crippen LogP) is 4.17. The molecule has 8 rings (SSSR count). The van der Waals surface area contributed by atoms with Gasteiger partial charge in [0.25, 0.3) is 0 Å². The number of hydrogen-bond donors (Lipinski definition) is 0. The standard InChI is InChI=1S/C32H41N7O/c1-23-15-31(10-6-12-39(31)18-23)21-40-30-34-28-16-32(11-5-8-24-7-3-4-9-27(24)32)36(2)20-26(28)29(35-30)37-13-14-38-22-33-17-25(38)19-37/h3-4,7,9,17,22-23H,5-6,8,10-16,18-21H2,1-2H3/t23-,31+,32+/m1/s1. The molecule has 2 fully saturated rings. The third-order valence-electron chi connectivity index (χ3n) is 10.7. The topological polar surface area (TPSA) is 62.6 Å². The molecule has 40 heavy (non-hydrogen) atoms. The van der Waals surface area contributed by atoms with Gasteiger partial charge in [-0.25, -0.2) is 4.98 Å². The number of aromatic nitrogens is 4. The summed E-state index contributed by atoms with van der Waals surface area (Å²) in [6, 6.07) is 9.65. The molecule has 0 saturated carbocycles. The molecular formula is C32H41N7O. The van der Waals surface area contributed by atoms with Crippen molar-refractivity contribution in [3.63, 3.8) is 0 Å². The Labute approximate surface area is 237 Å². The van der Waals surface area contributed by atoms with Crippen molar-refractivity contribution in [1.82, 2.24) is 29.3 Å². The van der Waals surface area contributed by atoms with Crippen molar-refractivity contribution in [2.24, 2.45) is 5.92 Å². The molecule has 2 saturated heterocycles. The van der Waals surface area contributed by atoms with Crippen LogP contribution in [-0.2, 0) is 38.0 Å². The Hall–Kier alpha value is -2.97. The first-order valence-electron chi connectivity index (χ1n) is 15.3. The van der Waals surface area contributed by atoms with E-state index >= 15 is 0 Å². The van der Waals surface area contributed by atoms with Gasteiger partial charge in [-0.1, -0.05) is 31.2 Å². The Kier molecular flexibility index (Phi) is 5.75. The molecular weight excluding hydrogens is 498 g/mol. The lowest BCUT2D eigenvalue weighted by atomic mass is 9.71. The Balaban J connectivity index is 1.18. The summed E-state index contributed by atoms with van der Waals surface area (Å²) >= 11 is 0. The first-order valence-corrected chi connectivity index (χ1v) is 15.3. The average molecular weight is 540 g/mol. The van der Waals surface area contributed by atoms with E-state index in [9.17, 15) is 0 Å². The van der Waals surface area contributed by atoms with Gasteiger partial charge in [-0.3, -0.25) is 9.80 Å². The molecule has 0 unspecified atom stereocenters. The lowest BCUT2D eigenvalue weighted by Crippen LogP contribution is -2.51. The maximum absolute atomic E-state index is 6.65. The average Bonchev–Trinajstić information content (AvgIpc) is 3.66. The molecule has 0 amide bonds. The van der Waals surface area contributed by atoms with E-state index in [0.29, 0.717) is 12.6 Å². The molecule has 3 atom stereocenters. The van der Waals surface area contributed by atoms with Gasteiger partial charge < -0.3 is 14.2 Å². The highest BCUT2D eigenvalue weighted by molar-refractivity contribution is 5.53. The van der Waals surface area contributed by atoms with E-state index < -0.39 is 0 Å². The number of imidazole rings is 1. The number of anilines is 1. The van der Waals surface area contributed by atoms with Gasteiger partial charge in [0.2, 0.25) is 0 Å². The van der Waals surface area contributed by atoms with Crippen LogP contribution >= 0.6 is 0 Å². The molecule has 0 bridgehead atoms. The predicted molar refractivity (Wildman–Crippen MR) is 154 cm³/mol. The molecule has 1 aliphatic carbocycles. The zero-order valence-electron chi connectivity index (χ0n) is 24.0. The third kappa shape index (κ3) is 3.82. The van der Waals surface area contributed by atoms with Crippen LogP contribution in [0.3, 0.4) is 0 Å². The number of ether oxygens (including phenoxy) is 1. The van der Waals surface area contributed by atoms with E-state index in [2.05, 4.69) is 62.5 Å². The van der Waals surface area contributed by atoms with Gasteiger partial charge in [-0.15, -0.1) is 0 Å². The van der Waals surface area contributed by atoms with Gasteiger partial charge in [0.05, 0.1) is 35.3 Å². The van der Waals surface area contributed by atoms with Gasteiger partial charge >= 0.3 is 6.01 Å². The zero-order chi connectivity index (χ0) is 26.9. The fraction of sp³-hybridized carbons (Fsp3) is 0.594. The van der Waals surface area contributed by atoms with Crippen LogP contribution in [0.15, 0.2) is 36.8 Å². The van der Waals surface area contributed by atoms with E-state index in [1.54, 1.807) is 0 Å². The minimum atomic E-state index is -0.0208. The van der Waals surface area contributed by atoms with Gasteiger partial charge in [0.15, 0.2) is 0 Å². The van der Waals surface area contributed by atoms with Crippen LogP contribution in [0.25, 0.3) is 0 Å². The van der Waals surface area contributed by atoms with Crippen molar-refractivity contribution in [2.75, 3.05) is 38.2 Å². The number of benzene rings is 1. The van der Waals surface area contributed by atoms with Crippen LogP contribution in [0.2, 0.25) is 0 Å². The van der Waals surface area contributed by atoms with Crippen LogP contribution in [0.5, 0.6) is 6.01 Å². The molecule has 8 nitrogen and oxygen atoms in total. The van der Waals surface area contributed by atoms with Crippen molar-refractivity contribution in [1.29, 1.82) is 0 Å². The second kappa shape index (κ2) is 9.28. The molecule has 0 N–H and O–H groups in total. The Morgan fingerprint density at radius 1 is 1.05 bits per heavy atom. The molecule has 4 aliphatic heterocycles. The van der Waals surface area contributed by atoms with E-state index in [0.717, 1.165) is 50.8 Å². The molecule has 2 aromatic heterocycles. The van der Waals surface area contributed by atoms with Gasteiger partial charge in [-0.2, -0.15) is 9.97 Å². The van der Waals surface area contributed by atoms with Crippen LogP contribution in [0.1, 0.15) is 67.1 Å². The first kappa shape index (κ1) is 24.8. The summed E-state index contributed by atoms with van der Waals surface area (Å²) in [6.45, 7) is 8.96. The molecule has 3 aromatic rings. The molecule has 6 heterocycles. The first-order chi connectivity index (χ1) is 19.5. The van der Waals surface area contributed by atoms with Crippen LogP contribution in [0.4, 0.5) is 5.82 Å². The summed E-state index contributed by atoms with van der Waals surface area (Å²) in [5, 5.41) is 0. The number of likely N-dealkylation sites (N-methyl/N-ethyl adjacent to an activating group) is 1. The SMILES string of the molecule is C[C@H]1CN2CCC[C@@]2(COc2nc3c(c(N4CCn5cncc5C4)n2)CN(C)[C@@]2(CCCc4ccccc42)C3)C1. The molecule has 5 aliphatic rings. The Morgan fingerprint density at radius 3 is 2.92 bits per heavy atom. The Morgan fingerprint density at radius 2 is 1.98 bits per heavy atom. The molecule has 1 aromatic carbocycles. The monoisotopic (exact) mass is 539 g/mol. The Bertz CT molecular complexity index is 1440. The van der Waals surface area contributed by atoms with Gasteiger partial charge in [-0.05, 0) is 69.2 Å². The zero-order valence-corrected chi connectivity index (χ0v) is 24.0. The minimum absolute atomic E-state index is 0.0208. The summed E-state index contributed by atoms with van der Waals surface area (Å²) in [5.74, 6) is 1.78. The van der Waals surface area contributed by atoms with Crippen molar-refractivity contribution in [3.05, 3.63) is 64.9 Å². The molecule has 8 heteroatoms. The molecule has 210 valence electrons. The summed E-state index contributed by atoms with van der Waals surface area (Å²) in [6.07, 6.45) is 12.1. The van der Waals surface area contributed by atoms with Crippen molar-refractivity contribution >= 4 is 5.82 Å². The number of hydrogen-bond acceptors (Lipinski definition) is 7. The van der Waals surface area contributed by atoms with Crippen LogP contribution < -0.4 is 9.64 Å². The normalized spacial score (nSPS) is 29.8. The number of rotatable bonds is 4. The largest absolute Gasteiger partial charge is 0.461 e. The lowest BCUT2D eigenvalue weighted by Gasteiger charge is -2.49. The fourth-order valence-corrected chi connectivity index (χ4v) is 8.79. The van der Waals surface area contributed by atoms with E-state index in [4.69, 9.17) is 14.7 Å².